The SMILES string of the molecule is COc1ccc(C2(C#N)CC=C(C(=O)O)CC2)c(OC2CCCC2)c1. The fraction of sp³-hybridized carbons (Fsp3) is 0.500. The standard InChI is InChI=1S/C20H23NO4/c1-24-16-6-7-17(18(12-16)25-15-4-2-3-5-15)20(13-21)10-8-14(9-11-20)19(22)23/h6-8,12,15H,2-5,9-11H2,1H3,(H,22,23). The van der Waals surface area contributed by atoms with E-state index >= 15 is 0 Å². The van der Waals surface area contributed by atoms with Crippen LogP contribution in [-0.4, -0.2) is 24.3 Å². The van der Waals surface area contributed by atoms with Crippen molar-refractivity contribution in [1.29, 1.82) is 5.26 Å². The summed E-state index contributed by atoms with van der Waals surface area (Å²) in [4.78, 5) is 11.2. The lowest BCUT2D eigenvalue weighted by Crippen LogP contribution is -2.29. The molecular formula is C20H23NO4. The Labute approximate surface area is 147 Å². The van der Waals surface area contributed by atoms with Gasteiger partial charge in [-0.25, -0.2) is 4.79 Å². The van der Waals surface area contributed by atoms with Crippen LogP contribution in [0.1, 0.15) is 50.5 Å². The molecule has 0 aromatic heterocycles. The summed E-state index contributed by atoms with van der Waals surface area (Å²) in [5, 5.41) is 19.1. The van der Waals surface area contributed by atoms with E-state index in [1.54, 1.807) is 13.2 Å². The van der Waals surface area contributed by atoms with E-state index in [1.165, 1.54) is 0 Å². The molecule has 1 aromatic carbocycles. The molecule has 0 radical (unpaired) electrons. The smallest absolute Gasteiger partial charge is 0.331 e. The Morgan fingerprint density at radius 1 is 1.36 bits per heavy atom. The van der Waals surface area contributed by atoms with Gasteiger partial charge in [0.1, 0.15) is 11.5 Å². The quantitative estimate of drug-likeness (QED) is 0.876. The van der Waals surface area contributed by atoms with Gasteiger partial charge in [-0.3, -0.25) is 0 Å². The Balaban J connectivity index is 1.96. The molecule has 0 bridgehead atoms. The number of hydrogen-bond acceptors (Lipinski definition) is 4. The molecular weight excluding hydrogens is 318 g/mol. The zero-order chi connectivity index (χ0) is 17.9. The Kier molecular flexibility index (Phi) is 4.98. The van der Waals surface area contributed by atoms with E-state index in [2.05, 4.69) is 6.07 Å². The second-order valence-electron chi connectivity index (χ2n) is 6.82. The van der Waals surface area contributed by atoms with Gasteiger partial charge in [-0.15, -0.1) is 0 Å². The molecule has 2 aliphatic rings. The van der Waals surface area contributed by atoms with Gasteiger partial charge in [0.25, 0.3) is 0 Å². The third kappa shape index (κ3) is 3.48. The fourth-order valence-corrected chi connectivity index (χ4v) is 3.76. The highest BCUT2D eigenvalue weighted by Gasteiger charge is 2.38. The van der Waals surface area contributed by atoms with Crippen molar-refractivity contribution < 1.29 is 19.4 Å². The first kappa shape index (κ1) is 17.3. The van der Waals surface area contributed by atoms with Gasteiger partial charge in [0, 0.05) is 17.2 Å². The maximum absolute atomic E-state index is 11.2. The molecule has 1 N–H and O–H groups in total. The largest absolute Gasteiger partial charge is 0.497 e. The normalized spacial score (nSPS) is 23.6. The predicted molar refractivity (Wildman–Crippen MR) is 92.7 cm³/mol. The Morgan fingerprint density at radius 3 is 2.68 bits per heavy atom. The van der Waals surface area contributed by atoms with Crippen LogP contribution < -0.4 is 9.47 Å². The highest BCUT2D eigenvalue weighted by atomic mass is 16.5. The maximum atomic E-state index is 11.2. The number of allylic oxidation sites excluding steroid dienone is 1. The monoisotopic (exact) mass is 341 g/mol. The minimum atomic E-state index is -0.899. The lowest BCUT2D eigenvalue weighted by atomic mass is 9.71. The number of rotatable bonds is 5. The second kappa shape index (κ2) is 7.18. The van der Waals surface area contributed by atoms with E-state index < -0.39 is 11.4 Å². The molecule has 0 spiro atoms. The maximum Gasteiger partial charge on any atom is 0.331 e. The highest BCUT2D eigenvalue weighted by molar-refractivity contribution is 5.86. The molecule has 1 saturated carbocycles. The minimum Gasteiger partial charge on any atom is -0.497 e. The summed E-state index contributed by atoms with van der Waals surface area (Å²) in [6.07, 6.45) is 7.49. The first-order chi connectivity index (χ1) is 12.1. The van der Waals surface area contributed by atoms with E-state index in [0.717, 1.165) is 31.2 Å². The zero-order valence-electron chi connectivity index (χ0n) is 14.5. The first-order valence-electron chi connectivity index (χ1n) is 8.77. The summed E-state index contributed by atoms with van der Waals surface area (Å²) >= 11 is 0. The van der Waals surface area contributed by atoms with Crippen LogP contribution in [0.5, 0.6) is 11.5 Å². The highest BCUT2D eigenvalue weighted by Crippen LogP contribution is 2.44. The van der Waals surface area contributed by atoms with Crippen LogP contribution >= 0.6 is 0 Å². The van der Waals surface area contributed by atoms with Gasteiger partial charge in [-0.2, -0.15) is 5.26 Å². The average molecular weight is 341 g/mol. The molecule has 5 heteroatoms. The van der Waals surface area contributed by atoms with Crippen molar-refractivity contribution in [3.05, 3.63) is 35.4 Å². The van der Waals surface area contributed by atoms with Crippen LogP contribution in [0.2, 0.25) is 0 Å². The Hall–Kier alpha value is -2.48. The van der Waals surface area contributed by atoms with Crippen molar-refractivity contribution in [2.75, 3.05) is 7.11 Å². The number of carbonyl (C=O) groups is 1. The number of aliphatic carboxylic acids is 1. The summed E-state index contributed by atoms with van der Waals surface area (Å²) in [7, 11) is 1.61. The molecule has 0 saturated heterocycles. The summed E-state index contributed by atoms with van der Waals surface area (Å²) in [5.74, 6) is 0.492. The molecule has 0 heterocycles. The summed E-state index contributed by atoms with van der Waals surface area (Å²) < 4.78 is 11.6. The van der Waals surface area contributed by atoms with Gasteiger partial charge >= 0.3 is 5.97 Å². The number of benzene rings is 1. The summed E-state index contributed by atoms with van der Waals surface area (Å²) in [6.45, 7) is 0. The van der Waals surface area contributed by atoms with Crippen LogP contribution in [0.15, 0.2) is 29.8 Å². The van der Waals surface area contributed by atoms with Crippen molar-refractivity contribution in [2.45, 2.75) is 56.5 Å². The van der Waals surface area contributed by atoms with Gasteiger partial charge < -0.3 is 14.6 Å². The lowest BCUT2D eigenvalue weighted by Gasteiger charge is -2.32. The van der Waals surface area contributed by atoms with Crippen molar-refractivity contribution in [3.63, 3.8) is 0 Å². The van der Waals surface area contributed by atoms with E-state index in [0.29, 0.717) is 36.3 Å². The minimum absolute atomic E-state index is 0.176. The fourth-order valence-electron chi connectivity index (χ4n) is 3.76. The number of methoxy groups -OCH3 is 1. The van der Waals surface area contributed by atoms with Crippen molar-refractivity contribution in [3.8, 4) is 17.6 Å². The second-order valence-corrected chi connectivity index (χ2v) is 6.82. The van der Waals surface area contributed by atoms with Crippen LogP contribution in [0.3, 0.4) is 0 Å². The molecule has 1 atom stereocenters. The molecule has 132 valence electrons. The predicted octanol–water partition coefficient (Wildman–Crippen LogP) is 3.97. The average Bonchev–Trinajstić information content (AvgIpc) is 3.14. The van der Waals surface area contributed by atoms with Gasteiger partial charge in [0.2, 0.25) is 0 Å². The number of nitriles is 1. The van der Waals surface area contributed by atoms with Gasteiger partial charge in [-0.1, -0.05) is 12.1 Å². The Morgan fingerprint density at radius 2 is 2.12 bits per heavy atom. The topological polar surface area (TPSA) is 79.5 Å². The van der Waals surface area contributed by atoms with Gasteiger partial charge in [-0.05, 0) is 51.0 Å². The molecule has 25 heavy (non-hydrogen) atoms. The summed E-state index contributed by atoms with van der Waals surface area (Å²) in [6, 6.07) is 8.02. The van der Waals surface area contributed by atoms with E-state index in [1.807, 2.05) is 18.2 Å². The van der Waals surface area contributed by atoms with Crippen molar-refractivity contribution in [2.24, 2.45) is 0 Å². The molecule has 1 aromatic rings. The summed E-state index contributed by atoms with van der Waals surface area (Å²) in [5.41, 5.74) is 0.472. The van der Waals surface area contributed by atoms with Crippen LogP contribution in [0.4, 0.5) is 0 Å². The van der Waals surface area contributed by atoms with E-state index in [4.69, 9.17) is 9.47 Å². The number of carboxylic acid groups (broad SMARTS) is 1. The van der Waals surface area contributed by atoms with Gasteiger partial charge in [0.05, 0.1) is 24.7 Å². The third-order valence-electron chi connectivity index (χ3n) is 5.31. The van der Waals surface area contributed by atoms with Crippen LogP contribution in [-0.2, 0) is 10.2 Å². The molecule has 1 fully saturated rings. The third-order valence-corrected chi connectivity index (χ3v) is 5.31. The first-order valence-corrected chi connectivity index (χ1v) is 8.77. The number of hydrogen-bond donors (Lipinski definition) is 1. The molecule has 0 amide bonds. The Bertz CT molecular complexity index is 728. The number of carboxylic acids is 1. The molecule has 1 unspecified atom stereocenters. The molecule has 0 aliphatic heterocycles. The van der Waals surface area contributed by atoms with Crippen LogP contribution in [0, 0.1) is 11.3 Å². The molecule has 3 rings (SSSR count). The lowest BCUT2D eigenvalue weighted by molar-refractivity contribution is -0.132. The zero-order valence-corrected chi connectivity index (χ0v) is 14.5. The molecule has 2 aliphatic carbocycles. The van der Waals surface area contributed by atoms with E-state index in [9.17, 15) is 15.2 Å². The molecule has 5 nitrogen and oxygen atoms in total. The van der Waals surface area contributed by atoms with Gasteiger partial charge in [0.15, 0.2) is 0 Å². The van der Waals surface area contributed by atoms with Crippen molar-refractivity contribution >= 4 is 5.97 Å². The number of ether oxygens (including phenoxy) is 2. The van der Waals surface area contributed by atoms with Crippen LogP contribution in [0.25, 0.3) is 0 Å². The van der Waals surface area contributed by atoms with Crippen molar-refractivity contribution in [1.82, 2.24) is 0 Å². The van der Waals surface area contributed by atoms with E-state index in [-0.39, 0.29) is 6.10 Å². The number of nitrogens with zero attached hydrogens (tertiary/aromatic N) is 1.